The van der Waals surface area contributed by atoms with Gasteiger partial charge in [-0.05, 0) is 64.2 Å². The molecule has 0 unspecified atom stereocenters. The Kier molecular flexibility index (Phi) is 5.63. The first-order valence-electron chi connectivity index (χ1n) is 9.00. The Morgan fingerprint density at radius 3 is 2.73 bits per heavy atom. The zero-order valence-electron chi connectivity index (χ0n) is 15.8. The molecule has 26 heavy (non-hydrogen) atoms. The lowest BCUT2D eigenvalue weighted by Gasteiger charge is -2.32. The molecular formula is C19H26ClN3O2S. The molecular weight excluding hydrogens is 370 g/mol. The number of amides is 1. The van der Waals surface area contributed by atoms with Gasteiger partial charge >= 0.3 is 6.09 Å². The third kappa shape index (κ3) is 4.80. The van der Waals surface area contributed by atoms with Gasteiger partial charge in [0.15, 0.2) is 5.13 Å². The molecule has 5 nitrogen and oxygen atoms in total. The smallest absolute Gasteiger partial charge is 0.407 e. The van der Waals surface area contributed by atoms with E-state index in [-0.39, 0.29) is 6.09 Å². The predicted molar refractivity (Wildman–Crippen MR) is 109 cm³/mol. The van der Waals surface area contributed by atoms with Crippen molar-refractivity contribution < 1.29 is 9.53 Å². The molecule has 7 heteroatoms. The standard InChI is InChI=1S/C19H26ClN3O2S/c1-12-9-14(20)10-15-16(12)22-17(26-15)23-7-5-13(6-8-23)11-21-18(24)25-19(2,3)4/h9-10,13H,5-8,11H2,1-4H3,(H,21,24). The van der Waals surface area contributed by atoms with Crippen LogP contribution in [0, 0.1) is 12.8 Å². The molecule has 1 N–H and O–H groups in total. The Labute approximate surface area is 163 Å². The van der Waals surface area contributed by atoms with E-state index in [0.29, 0.717) is 12.5 Å². The SMILES string of the molecule is Cc1cc(Cl)cc2sc(N3CCC(CNC(=O)OC(C)(C)C)CC3)nc12. The number of nitrogens with one attached hydrogen (secondary N) is 1. The van der Waals surface area contributed by atoms with Crippen molar-refractivity contribution in [3.05, 3.63) is 22.7 Å². The maximum atomic E-state index is 11.8. The topological polar surface area (TPSA) is 54.5 Å². The summed E-state index contributed by atoms with van der Waals surface area (Å²) in [6.07, 6.45) is 1.73. The second-order valence-electron chi connectivity index (χ2n) is 7.88. The van der Waals surface area contributed by atoms with Gasteiger partial charge < -0.3 is 15.0 Å². The molecule has 1 aliphatic rings. The van der Waals surface area contributed by atoms with Gasteiger partial charge in [0.2, 0.25) is 0 Å². The van der Waals surface area contributed by atoms with Crippen LogP contribution in [-0.2, 0) is 4.74 Å². The van der Waals surface area contributed by atoms with Gasteiger partial charge in [0, 0.05) is 24.7 Å². The van der Waals surface area contributed by atoms with Crippen molar-refractivity contribution >= 4 is 44.4 Å². The van der Waals surface area contributed by atoms with Gasteiger partial charge in [0.05, 0.1) is 10.2 Å². The molecule has 0 spiro atoms. The first-order chi connectivity index (χ1) is 12.2. The summed E-state index contributed by atoms with van der Waals surface area (Å²) < 4.78 is 6.43. The van der Waals surface area contributed by atoms with Crippen molar-refractivity contribution in [1.82, 2.24) is 10.3 Å². The van der Waals surface area contributed by atoms with Crippen molar-refractivity contribution in [1.29, 1.82) is 0 Å². The summed E-state index contributed by atoms with van der Waals surface area (Å²) in [6, 6.07) is 3.95. The Morgan fingerprint density at radius 2 is 2.08 bits per heavy atom. The van der Waals surface area contributed by atoms with Crippen LogP contribution in [0.1, 0.15) is 39.2 Å². The molecule has 1 aliphatic heterocycles. The number of ether oxygens (including phenoxy) is 1. The number of thiazole rings is 1. The van der Waals surface area contributed by atoms with Crippen LogP contribution < -0.4 is 10.2 Å². The molecule has 3 rings (SSSR count). The van der Waals surface area contributed by atoms with Crippen molar-refractivity contribution in [3.63, 3.8) is 0 Å². The van der Waals surface area contributed by atoms with Gasteiger partial charge in [0.1, 0.15) is 5.60 Å². The van der Waals surface area contributed by atoms with E-state index in [4.69, 9.17) is 21.3 Å². The van der Waals surface area contributed by atoms with Crippen molar-refractivity contribution in [2.75, 3.05) is 24.5 Å². The number of hydrogen-bond donors (Lipinski definition) is 1. The molecule has 2 aromatic rings. The van der Waals surface area contributed by atoms with E-state index < -0.39 is 5.60 Å². The van der Waals surface area contributed by atoms with Crippen LogP contribution in [0.5, 0.6) is 0 Å². The van der Waals surface area contributed by atoms with E-state index in [9.17, 15) is 4.79 Å². The van der Waals surface area contributed by atoms with Crippen molar-refractivity contribution in [3.8, 4) is 0 Å². The summed E-state index contributed by atoms with van der Waals surface area (Å²) in [5.74, 6) is 0.476. The molecule has 0 radical (unpaired) electrons. The highest BCUT2D eigenvalue weighted by Gasteiger charge is 2.23. The van der Waals surface area contributed by atoms with Gasteiger partial charge in [-0.3, -0.25) is 0 Å². The molecule has 0 atom stereocenters. The van der Waals surface area contributed by atoms with Crippen LogP contribution in [0.3, 0.4) is 0 Å². The summed E-state index contributed by atoms with van der Waals surface area (Å²) in [7, 11) is 0. The fourth-order valence-corrected chi connectivity index (χ4v) is 4.62. The van der Waals surface area contributed by atoms with E-state index in [1.165, 1.54) is 0 Å². The second kappa shape index (κ2) is 7.61. The summed E-state index contributed by atoms with van der Waals surface area (Å²) in [5.41, 5.74) is 1.70. The summed E-state index contributed by atoms with van der Waals surface area (Å²) in [6.45, 7) is 10.2. The molecule has 1 amide bonds. The highest BCUT2D eigenvalue weighted by molar-refractivity contribution is 7.22. The molecule has 0 aliphatic carbocycles. The van der Waals surface area contributed by atoms with E-state index in [2.05, 4.69) is 10.2 Å². The van der Waals surface area contributed by atoms with Crippen molar-refractivity contribution in [2.45, 2.75) is 46.1 Å². The lowest BCUT2D eigenvalue weighted by Crippen LogP contribution is -2.40. The third-order valence-electron chi connectivity index (χ3n) is 4.46. The number of benzene rings is 1. The molecule has 0 bridgehead atoms. The average molecular weight is 396 g/mol. The Bertz CT molecular complexity index is 792. The second-order valence-corrected chi connectivity index (χ2v) is 9.32. The normalized spacial score (nSPS) is 16.1. The molecule has 2 heterocycles. The summed E-state index contributed by atoms with van der Waals surface area (Å²) >= 11 is 7.86. The fraction of sp³-hybridized carbons (Fsp3) is 0.579. The Hall–Kier alpha value is -1.53. The van der Waals surface area contributed by atoms with E-state index >= 15 is 0 Å². The lowest BCUT2D eigenvalue weighted by atomic mass is 9.97. The number of anilines is 1. The average Bonchev–Trinajstić information content (AvgIpc) is 2.96. The monoisotopic (exact) mass is 395 g/mol. The molecule has 1 saturated heterocycles. The van der Waals surface area contributed by atoms with E-state index in [1.54, 1.807) is 11.3 Å². The van der Waals surface area contributed by atoms with Crippen LogP contribution in [0.2, 0.25) is 5.02 Å². The van der Waals surface area contributed by atoms with Crippen LogP contribution in [0.4, 0.5) is 9.93 Å². The first-order valence-corrected chi connectivity index (χ1v) is 10.2. The van der Waals surface area contributed by atoms with Crippen molar-refractivity contribution in [2.24, 2.45) is 5.92 Å². The number of aromatic nitrogens is 1. The Balaban J connectivity index is 1.54. The van der Waals surface area contributed by atoms with Crippen LogP contribution in [0.25, 0.3) is 10.2 Å². The highest BCUT2D eigenvalue weighted by Crippen LogP contribution is 2.34. The zero-order valence-corrected chi connectivity index (χ0v) is 17.3. The predicted octanol–water partition coefficient (Wildman–Crippen LogP) is 5.00. The number of halogens is 1. The maximum Gasteiger partial charge on any atom is 0.407 e. The largest absolute Gasteiger partial charge is 0.444 e. The quantitative estimate of drug-likeness (QED) is 0.794. The van der Waals surface area contributed by atoms with Gasteiger partial charge in [-0.15, -0.1) is 0 Å². The maximum absolute atomic E-state index is 11.8. The van der Waals surface area contributed by atoms with Crippen LogP contribution in [0.15, 0.2) is 12.1 Å². The fourth-order valence-electron chi connectivity index (χ4n) is 3.15. The van der Waals surface area contributed by atoms with E-state index in [1.807, 2.05) is 39.8 Å². The lowest BCUT2D eigenvalue weighted by molar-refractivity contribution is 0.0517. The third-order valence-corrected chi connectivity index (χ3v) is 5.74. The number of alkyl carbamates (subject to hydrolysis) is 1. The number of hydrogen-bond acceptors (Lipinski definition) is 5. The van der Waals surface area contributed by atoms with Gasteiger partial charge in [-0.2, -0.15) is 0 Å². The minimum absolute atomic E-state index is 0.335. The highest BCUT2D eigenvalue weighted by atomic mass is 35.5. The van der Waals surface area contributed by atoms with Gasteiger partial charge in [0.25, 0.3) is 0 Å². The molecule has 142 valence electrons. The summed E-state index contributed by atoms with van der Waals surface area (Å²) in [4.78, 5) is 18.9. The molecule has 1 fully saturated rings. The van der Waals surface area contributed by atoms with Crippen LogP contribution in [-0.4, -0.2) is 36.3 Å². The number of rotatable bonds is 3. The number of aryl methyl sites for hydroxylation is 1. The van der Waals surface area contributed by atoms with Crippen LogP contribution >= 0.6 is 22.9 Å². The molecule has 1 aromatic heterocycles. The minimum atomic E-state index is -0.457. The first kappa shape index (κ1) is 19.2. The minimum Gasteiger partial charge on any atom is -0.444 e. The number of nitrogens with zero attached hydrogens (tertiary/aromatic N) is 2. The van der Waals surface area contributed by atoms with E-state index in [0.717, 1.165) is 51.9 Å². The number of carbonyl (C=O) groups is 1. The van der Waals surface area contributed by atoms with Gasteiger partial charge in [-0.1, -0.05) is 22.9 Å². The summed E-state index contributed by atoms with van der Waals surface area (Å²) in [5, 5.41) is 4.71. The number of piperidine rings is 1. The Morgan fingerprint density at radius 1 is 1.38 bits per heavy atom. The zero-order chi connectivity index (χ0) is 18.9. The molecule has 0 saturated carbocycles. The number of fused-ring (bicyclic) bond motifs is 1. The number of carbonyl (C=O) groups excluding carboxylic acids is 1. The van der Waals surface area contributed by atoms with Gasteiger partial charge in [-0.25, -0.2) is 9.78 Å². The molecule has 1 aromatic carbocycles.